The van der Waals surface area contributed by atoms with Crippen LogP contribution in [0.25, 0.3) is 11.5 Å². The molecular formula is C19H14BrFN4O3. The average Bonchev–Trinajstić information content (AvgIpc) is 3.22. The van der Waals surface area contributed by atoms with Gasteiger partial charge in [0.05, 0.1) is 6.54 Å². The molecule has 1 saturated heterocycles. The largest absolute Gasteiger partial charge is 0.334 e. The zero-order valence-corrected chi connectivity index (χ0v) is 16.2. The second kappa shape index (κ2) is 6.83. The summed E-state index contributed by atoms with van der Waals surface area (Å²) in [5, 5.41) is 6.55. The molecule has 4 rings (SSSR count). The quantitative estimate of drug-likeness (QED) is 0.620. The molecule has 1 aliphatic heterocycles. The molecule has 1 fully saturated rings. The highest BCUT2D eigenvalue weighted by Crippen LogP contribution is 2.34. The number of amides is 3. The van der Waals surface area contributed by atoms with Gasteiger partial charge in [0.25, 0.3) is 11.8 Å². The van der Waals surface area contributed by atoms with Crippen molar-refractivity contribution in [3.8, 4) is 11.5 Å². The molecule has 9 heteroatoms. The Balaban J connectivity index is 1.58. The summed E-state index contributed by atoms with van der Waals surface area (Å²) in [6, 6.07) is 12.2. The fourth-order valence-corrected chi connectivity index (χ4v) is 3.74. The molecule has 1 N–H and O–H groups in total. The molecule has 2 aromatic carbocycles. The maximum atomic E-state index is 13.0. The van der Waals surface area contributed by atoms with Crippen LogP contribution in [-0.2, 0) is 16.9 Å². The van der Waals surface area contributed by atoms with E-state index in [1.807, 2.05) is 6.07 Å². The van der Waals surface area contributed by atoms with Crippen LogP contribution in [0.15, 0.2) is 57.5 Å². The van der Waals surface area contributed by atoms with Crippen molar-refractivity contribution in [1.29, 1.82) is 0 Å². The highest BCUT2D eigenvalue weighted by Gasteiger charge is 2.50. The van der Waals surface area contributed by atoms with Crippen molar-refractivity contribution in [2.24, 2.45) is 0 Å². The third kappa shape index (κ3) is 3.07. The van der Waals surface area contributed by atoms with Crippen molar-refractivity contribution < 1.29 is 18.5 Å². The lowest BCUT2D eigenvalue weighted by Crippen LogP contribution is -2.41. The highest BCUT2D eigenvalue weighted by molar-refractivity contribution is 9.10. The third-order valence-electron chi connectivity index (χ3n) is 4.55. The molecule has 28 heavy (non-hydrogen) atoms. The van der Waals surface area contributed by atoms with Crippen LogP contribution in [0.1, 0.15) is 18.3 Å². The molecule has 142 valence electrons. The first kappa shape index (κ1) is 18.3. The molecule has 0 radical (unpaired) electrons. The lowest BCUT2D eigenvalue weighted by molar-refractivity contribution is -0.131. The van der Waals surface area contributed by atoms with Gasteiger partial charge < -0.3 is 9.84 Å². The number of hydrogen-bond donors (Lipinski definition) is 1. The van der Waals surface area contributed by atoms with Gasteiger partial charge in [-0.05, 0) is 37.3 Å². The van der Waals surface area contributed by atoms with Crippen LogP contribution >= 0.6 is 15.9 Å². The molecule has 3 amide bonds. The Hall–Kier alpha value is -3.07. The first-order chi connectivity index (χ1) is 13.4. The van der Waals surface area contributed by atoms with Gasteiger partial charge in [-0.15, -0.1) is 0 Å². The van der Waals surface area contributed by atoms with E-state index in [9.17, 15) is 14.0 Å². The standard InChI is InChI=1S/C19H14BrFN4O3/c1-19(13-4-2-3-5-14(13)20)17(26)25(18(27)23-19)10-15-22-16(28-24-15)11-6-8-12(21)9-7-11/h2-9H,10H2,1H3,(H,23,27). The first-order valence-electron chi connectivity index (χ1n) is 8.36. The Morgan fingerprint density at radius 3 is 2.61 bits per heavy atom. The number of nitrogens with zero attached hydrogens (tertiary/aromatic N) is 3. The maximum absolute atomic E-state index is 13.0. The summed E-state index contributed by atoms with van der Waals surface area (Å²) in [7, 11) is 0. The SMILES string of the molecule is CC1(c2ccccc2Br)NC(=O)N(Cc2noc(-c3ccc(F)cc3)n2)C1=O. The normalized spacial score (nSPS) is 19.2. The topological polar surface area (TPSA) is 88.3 Å². The van der Waals surface area contributed by atoms with Crippen LogP contribution in [0, 0.1) is 5.82 Å². The van der Waals surface area contributed by atoms with Gasteiger partial charge in [-0.1, -0.05) is 39.3 Å². The van der Waals surface area contributed by atoms with E-state index in [-0.39, 0.29) is 24.1 Å². The van der Waals surface area contributed by atoms with Crippen molar-refractivity contribution in [3.05, 3.63) is 70.2 Å². The number of hydrogen-bond acceptors (Lipinski definition) is 5. The van der Waals surface area contributed by atoms with Gasteiger partial charge in [0.2, 0.25) is 0 Å². The van der Waals surface area contributed by atoms with Gasteiger partial charge in [-0.3, -0.25) is 9.69 Å². The Bertz CT molecular complexity index is 1070. The van der Waals surface area contributed by atoms with Gasteiger partial charge in [-0.2, -0.15) is 4.98 Å². The van der Waals surface area contributed by atoms with E-state index in [2.05, 4.69) is 31.4 Å². The predicted octanol–water partition coefficient (Wildman–Crippen LogP) is 3.61. The lowest BCUT2D eigenvalue weighted by Gasteiger charge is -2.23. The van der Waals surface area contributed by atoms with E-state index in [1.165, 1.54) is 24.3 Å². The molecule has 1 unspecified atom stereocenters. The van der Waals surface area contributed by atoms with Crippen LogP contribution in [0.4, 0.5) is 9.18 Å². The molecule has 1 aromatic heterocycles. The number of halogens is 2. The molecule has 7 nitrogen and oxygen atoms in total. The molecule has 0 aliphatic carbocycles. The summed E-state index contributed by atoms with van der Waals surface area (Å²) in [6.07, 6.45) is 0. The Labute approximate surface area is 167 Å². The zero-order chi connectivity index (χ0) is 19.9. The zero-order valence-electron chi connectivity index (χ0n) is 14.6. The van der Waals surface area contributed by atoms with Gasteiger partial charge >= 0.3 is 6.03 Å². The van der Waals surface area contributed by atoms with Crippen molar-refractivity contribution in [2.45, 2.75) is 19.0 Å². The van der Waals surface area contributed by atoms with E-state index in [0.717, 1.165) is 4.90 Å². The summed E-state index contributed by atoms with van der Waals surface area (Å²) in [5.41, 5.74) is -0.0212. The third-order valence-corrected chi connectivity index (χ3v) is 5.24. The van der Waals surface area contributed by atoms with Crippen LogP contribution < -0.4 is 5.32 Å². The Morgan fingerprint density at radius 2 is 1.89 bits per heavy atom. The number of benzene rings is 2. The highest BCUT2D eigenvalue weighted by atomic mass is 79.9. The maximum Gasteiger partial charge on any atom is 0.325 e. The molecular weight excluding hydrogens is 431 g/mol. The van der Waals surface area contributed by atoms with E-state index in [0.29, 0.717) is 15.6 Å². The van der Waals surface area contributed by atoms with Crippen molar-refractivity contribution in [1.82, 2.24) is 20.4 Å². The second-order valence-electron chi connectivity index (χ2n) is 6.45. The number of imide groups is 1. The number of carbonyl (C=O) groups excluding carboxylic acids is 2. The molecule has 2 heterocycles. The summed E-state index contributed by atoms with van der Waals surface area (Å²) >= 11 is 3.42. The molecule has 1 aliphatic rings. The van der Waals surface area contributed by atoms with Crippen molar-refractivity contribution >= 4 is 27.9 Å². The fourth-order valence-electron chi connectivity index (χ4n) is 3.06. The first-order valence-corrected chi connectivity index (χ1v) is 9.15. The number of carbonyl (C=O) groups is 2. The average molecular weight is 445 g/mol. The van der Waals surface area contributed by atoms with E-state index in [1.54, 1.807) is 25.1 Å². The Kier molecular flexibility index (Phi) is 4.46. The van der Waals surface area contributed by atoms with Crippen LogP contribution in [0.3, 0.4) is 0 Å². The van der Waals surface area contributed by atoms with Crippen LogP contribution in [0.2, 0.25) is 0 Å². The number of urea groups is 1. The van der Waals surface area contributed by atoms with E-state index < -0.39 is 17.5 Å². The second-order valence-corrected chi connectivity index (χ2v) is 7.30. The molecule has 0 spiro atoms. The van der Waals surface area contributed by atoms with E-state index >= 15 is 0 Å². The molecule has 1 atom stereocenters. The van der Waals surface area contributed by atoms with Gasteiger partial charge in [-0.25, -0.2) is 9.18 Å². The van der Waals surface area contributed by atoms with Crippen molar-refractivity contribution in [3.63, 3.8) is 0 Å². The predicted molar refractivity (Wildman–Crippen MR) is 100 cm³/mol. The summed E-state index contributed by atoms with van der Waals surface area (Å²) in [5.74, 6) is -0.457. The number of rotatable bonds is 4. The minimum atomic E-state index is -1.21. The summed E-state index contributed by atoms with van der Waals surface area (Å²) in [4.78, 5) is 30.7. The molecule has 0 saturated carbocycles. The van der Waals surface area contributed by atoms with Gasteiger partial charge in [0.1, 0.15) is 11.4 Å². The minimum absolute atomic E-state index is 0.143. The monoisotopic (exact) mass is 444 g/mol. The van der Waals surface area contributed by atoms with Crippen molar-refractivity contribution in [2.75, 3.05) is 0 Å². The van der Waals surface area contributed by atoms with E-state index in [4.69, 9.17) is 4.52 Å². The van der Waals surface area contributed by atoms with Crippen LogP contribution in [0.5, 0.6) is 0 Å². The molecule has 0 bridgehead atoms. The van der Waals surface area contributed by atoms with Gasteiger partial charge in [0, 0.05) is 15.6 Å². The Morgan fingerprint density at radius 1 is 1.18 bits per heavy atom. The summed E-state index contributed by atoms with van der Waals surface area (Å²) < 4.78 is 18.9. The van der Waals surface area contributed by atoms with Crippen LogP contribution in [-0.4, -0.2) is 27.0 Å². The number of aromatic nitrogens is 2. The smallest absolute Gasteiger partial charge is 0.325 e. The lowest BCUT2D eigenvalue weighted by atomic mass is 9.92. The number of nitrogens with one attached hydrogen (secondary N) is 1. The van der Waals surface area contributed by atoms with Gasteiger partial charge in [0.15, 0.2) is 5.82 Å². The summed E-state index contributed by atoms with van der Waals surface area (Å²) in [6.45, 7) is 1.50. The fraction of sp³-hybridized carbons (Fsp3) is 0.158. The molecule has 3 aromatic rings. The minimum Gasteiger partial charge on any atom is -0.334 e.